The SMILES string of the molecule is CS(=O)(=O)N(c1ccc(-c2ccc(F)c(F)c2)cc1)C(CCn1nnc2ccccc2c1=O)C(=O)O. The summed E-state index contributed by atoms with van der Waals surface area (Å²) in [6.07, 6.45) is 0.592. The zero-order chi connectivity index (χ0) is 26.0. The Hall–Kier alpha value is -4.19. The standard InChI is InChI=1S/C24H20F2N4O5S/c1-36(34,35)30(17-9-6-15(7-10-17)16-8-11-19(25)20(26)14-16)22(24(32)33)12-13-29-23(31)18-4-2-3-5-21(18)27-28-29/h2-11,14,22H,12-13H2,1H3,(H,32,33). The molecule has 0 saturated heterocycles. The van der Waals surface area contributed by atoms with Crippen LogP contribution in [0.1, 0.15) is 6.42 Å². The van der Waals surface area contributed by atoms with Gasteiger partial charge in [0, 0.05) is 6.54 Å². The zero-order valence-corrected chi connectivity index (χ0v) is 19.7. The van der Waals surface area contributed by atoms with E-state index in [4.69, 9.17) is 0 Å². The number of hydrogen-bond acceptors (Lipinski definition) is 6. The molecule has 1 aromatic heterocycles. The van der Waals surface area contributed by atoms with Crippen LogP contribution in [0.25, 0.3) is 22.0 Å². The number of carboxylic acids is 1. The van der Waals surface area contributed by atoms with E-state index in [1.165, 1.54) is 30.3 Å². The lowest BCUT2D eigenvalue weighted by Gasteiger charge is -2.29. The molecule has 9 nitrogen and oxygen atoms in total. The highest BCUT2D eigenvalue weighted by Crippen LogP contribution is 2.28. The van der Waals surface area contributed by atoms with Crippen LogP contribution in [0.2, 0.25) is 0 Å². The molecular weight excluding hydrogens is 494 g/mol. The van der Waals surface area contributed by atoms with E-state index in [1.54, 1.807) is 24.3 Å². The Balaban J connectivity index is 1.65. The summed E-state index contributed by atoms with van der Waals surface area (Å²) in [6.45, 7) is -0.202. The number of carboxylic acid groups (broad SMARTS) is 1. The quantitative estimate of drug-likeness (QED) is 0.383. The van der Waals surface area contributed by atoms with Crippen molar-refractivity contribution >= 4 is 32.6 Å². The maximum atomic E-state index is 13.6. The number of carbonyl (C=O) groups is 1. The Labute approximate surface area is 204 Å². The number of aliphatic carboxylic acids is 1. The molecule has 1 atom stereocenters. The number of anilines is 1. The summed E-state index contributed by atoms with van der Waals surface area (Å²) in [6, 6.07) is 14.0. The van der Waals surface area contributed by atoms with E-state index in [0.717, 1.165) is 27.4 Å². The Bertz CT molecular complexity index is 1610. The molecule has 4 aromatic rings. The first-order chi connectivity index (χ1) is 17.1. The largest absolute Gasteiger partial charge is 0.480 e. The summed E-state index contributed by atoms with van der Waals surface area (Å²) in [5.74, 6) is -3.46. The number of hydrogen-bond donors (Lipinski definition) is 1. The summed E-state index contributed by atoms with van der Waals surface area (Å²) in [5, 5.41) is 17.9. The summed E-state index contributed by atoms with van der Waals surface area (Å²) in [5.41, 5.74) is 0.776. The van der Waals surface area contributed by atoms with Gasteiger partial charge in [-0.3, -0.25) is 9.10 Å². The lowest BCUT2D eigenvalue weighted by molar-refractivity contribution is -0.138. The van der Waals surface area contributed by atoms with Crippen molar-refractivity contribution in [3.63, 3.8) is 0 Å². The van der Waals surface area contributed by atoms with Crippen LogP contribution in [0.5, 0.6) is 0 Å². The Kier molecular flexibility index (Phi) is 6.80. The number of benzene rings is 3. The van der Waals surface area contributed by atoms with E-state index in [2.05, 4.69) is 10.3 Å². The van der Waals surface area contributed by atoms with Crippen LogP contribution in [0.4, 0.5) is 14.5 Å². The van der Waals surface area contributed by atoms with Gasteiger partial charge in [-0.25, -0.2) is 26.7 Å². The number of aromatic nitrogens is 3. The Morgan fingerprint density at radius 1 is 1.03 bits per heavy atom. The van der Waals surface area contributed by atoms with Crippen molar-refractivity contribution in [2.75, 3.05) is 10.6 Å². The molecule has 36 heavy (non-hydrogen) atoms. The van der Waals surface area contributed by atoms with E-state index in [1.807, 2.05) is 0 Å². The first-order valence-electron chi connectivity index (χ1n) is 10.7. The summed E-state index contributed by atoms with van der Waals surface area (Å²) in [4.78, 5) is 24.8. The molecule has 1 heterocycles. The Morgan fingerprint density at radius 2 is 1.69 bits per heavy atom. The van der Waals surface area contributed by atoms with Gasteiger partial charge in [-0.2, -0.15) is 0 Å². The summed E-state index contributed by atoms with van der Waals surface area (Å²) < 4.78 is 53.9. The minimum atomic E-state index is -4.08. The fourth-order valence-electron chi connectivity index (χ4n) is 3.83. The van der Waals surface area contributed by atoms with Crippen LogP contribution in [0.3, 0.4) is 0 Å². The average molecular weight is 515 g/mol. The van der Waals surface area contributed by atoms with Gasteiger partial charge >= 0.3 is 5.97 Å². The molecule has 4 rings (SSSR count). The van der Waals surface area contributed by atoms with Crippen LogP contribution in [-0.4, -0.2) is 46.8 Å². The van der Waals surface area contributed by atoms with Crippen LogP contribution >= 0.6 is 0 Å². The van der Waals surface area contributed by atoms with Gasteiger partial charge in [0.1, 0.15) is 11.6 Å². The van der Waals surface area contributed by atoms with Crippen LogP contribution in [0, 0.1) is 11.6 Å². The number of sulfonamides is 1. The van der Waals surface area contributed by atoms with E-state index in [0.29, 0.717) is 22.0 Å². The van der Waals surface area contributed by atoms with Crippen molar-refractivity contribution in [1.29, 1.82) is 0 Å². The highest BCUT2D eigenvalue weighted by molar-refractivity contribution is 7.92. The molecule has 0 aliphatic rings. The van der Waals surface area contributed by atoms with Crippen molar-refractivity contribution in [1.82, 2.24) is 15.0 Å². The second-order valence-electron chi connectivity index (χ2n) is 8.01. The molecule has 0 aliphatic carbocycles. The Morgan fingerprint density at radius 3 is 2.33 bits per heavy atom. The lowest BCUT2D eigenvalue weighted by Crippen LogP contribution is -2.46. The van der Waals surface area contributed by atoms with Gasteiger partial charge in [0.2, 0.25) is 10.0 Å². The number of nitrogens with zero attached hydrogens (tertiary/aromatic N) is 4. The fourth-order valence-corrected chi connectivity index (χ4v) is 5.00. The number of rotatable bonds is 8. The maximum Gasteiger partial charge on any atom is 0.327 e. The van der Waals surface area contributed by atoms with Crippen LogP contribution in [0.15, 0.2) is 71.5 Å². The van der Waals surface area contributed by atoms with Crippen molar-refractivity contribution in [2.45, 2.75) is 19.0 Å². The van der Waals surface area contributed by atoms with Crippen molar-refractivity contribution in [3.05, 3.63) is 88.7 Å². The number of fused-ring (bicyclic) bond motifs is 1. The smallest absolute Gasteiger partial charge is 0.327 e. The molecule has 1 N–H and O–H groups in total. The second-order valence-corrected chi connectivity index (χ2v) is 9.87. The third kappa shape index (κ3) is 5.08. The average Bonchev–Trinajstić information content (AvgIpc) is 2.84. The third-order valence-corrected chi connectivity index (χ3v) is 6.72. The monoisotopic (exact) mass is 514 g/mol. The van der Waals surface area contributed by atoms with Gasteiger partial charge in [-0.05, 0) is 53.9 Å². The van der Waals surface area contributed by atoms with Gasteiger partial charge in [-0.15, -0.1) is 5.10 Å². The van der Waals surface area contributed by atoms with Gasteiger partial charge in [-0.1, -0.05) is 35.5 Å². The van der Waals surface area contributed by atoms with Crippen molar-refractivity contribution in [3.8, 4) is 11.1 Å². The predicted octanol–water partition coefficient (Wildman–Crippen LogP) is 3.05. The van der Waals surface area contributed by atoms with Crippen LogP contribution < -0.4 is 9.86 Å². The topological polar surface area (TPSA) is 122 Å². The molecular formula is C24H20F2N4O5S. The van der Waals surface area contributed by atoms with Crippen LogP contribution in [-0.2, 0) is 21.4 Å². The highest BCUT2D eigenvalue weighted by Gasteiger charge is 2.33. The molecule has 0 saturated carbocycles. The second kappa shape index (κ2) is 9.82. The van der Waals surface area contributed by atoms with Gasteiger partial charge in [0.15, 0.2) is 11.6 Å². The fraction of sp³-hybridized carbons (Fsp3) is 0.167. The minimum absolute atomic E-state index is 0.0492. The van der Waals surface area contributed by atoms with E-state index in [9.17, 15) is 31.9 Å². The van der Waals surface area contributed by atoms with Gasteiger partial charge < -0.3 is 5.11 Å². The molecule has 186 valence electrons. The number of halogens is 2. The molecule has 3 aromatic carbocycles. The number of aryl methyl sites for hydroxylation is 1. The zero-order valence-electron chi connectivity index (χ0n) is 18.9. The highest BCUT2D eigenvalue weighted by atomic mass is 32.2. The van der Waals surface area contributed by atoms with Gasteiger partial charge in [0.05, 0.1) is 17.3 Å². The first-order valence-corrected chi connectivity index (χ1v) is 12.5. The molecule has 0 bridgehead atoms. The molecule has 0 spiro atoms. The van der Waals surface area contributed by atoms with Gasteiger partial charge in [0.25, 0.3) is 5.56 Å². The molecule has 0 aliphatic heterocycles. The molecule has 1 unspecified atom stereocenters. The lowest BCUT2D eigenvalue weighted by atomic mass is 10.0. The third-order valence-electron chi connectivity index (χ3n) is 5.54. The normalized spacial score (nSPS) is 12.4. The molecule has 0 amide bonds. The minimum Gasteiger partial charge on any atom is -0.480 e. The van der Waals surface area contributed by atoms with E-state index in [-0.39, 0.29) is 18.7 Å². The molecule has 0 fully saturated rings. The van der Waals surface area contributed by atoms with Crippen molar-refractivity contribution in [2.24, 2.45) is 0 Å². The maximum absolute atomic E-state index is 13.6. The predicted molar refractivity (Wildman–Crippen MR) is 129 cm³/mol. The summed E-state index contributed by atoms with van der Waals surface area (Å²) >= 11 is 0. The molecule has 12 heteroatoms. The van der Waals surface area contributed by atoms with Crippen molar-refractivity contribution < 1.29 is 27.1 Å². The summed E-state index contributed by atoms with van der Waals surface area (Å²) in [7, 11) is -4.08. The molecule has 0 radical (unpaired) electrons. The first kappa shape index (κ1) is 24.9. The van der Waals surface area contributed by atoms with E-state index >= 15 is 0 Å². The van der Waals surface area contributed by atoms with E-state index < -0.39 is 39.2 Å².